The molecular weight excluding hydrogens is 272 g/mol. The topological polar surface area (TPSA) is 33.2 Å². The minimum absolute atomic E-state index is 0.280. The molecule has 1 aliphatic rings. The molecule has 110 valence electrons. The number of pyridine rings is 1. The van der Waals surface area contributed by atoms with Gasteiger partial charge in [-0.3, -0.25) is 14.7 Å². The highest BCUT2D eigenvalue weighted by Gasteiger charge is 2.42. The molecule has 1 aromatic heterocycles. The molecule has 1 heterocycles. The van der Waals surface area contributed by atoms with E-state index in [1.807, 2.05) is 20.2 Å². The van der Waals surface area contributed by atoms with Crippen molar-refractivity contribution in [1.29, 1.82) is 0 Å². The van der Waals surface area contributed by atoms with E-state index in [1.54, 1.807) is 12.4 Å². The van der Waals surface area contributed by atoms with E-state index in [4.69, 9.17) is 11.6 Å². The Morgan fingerprint density at radius 3 is 2.65 bits per heavy atom. The highest BCUT2D eigenvalue weighted by atomic mass is 35.5. The van der Waals surface area contributed by atoms with Crippen molar-refractivity contribution in [3.05, 3.63) is 29.0 Å². The number of hydrogen-bond donors (Lipinski definition) is 0. The Balaban J connectivity index is 2.18. The number of ketones is 1. The minimum atomic E-state index is -0.320. The van der Waals surface area contributed by atoms with Crippen LogP contribution in [0.5, 0.6) is 0 Å². The molecule has 2 rings (SSSR count). The Morgan fingerprint density at radius 1 is 1.45 bits per heavy atom. The minimum Gasteiger partial charge on any atom is -0.297 e. The summed E-state index contributed by atoms with van der Waals surface area (Å²) in [4.78, 5) is 18.9. The highest BCUT2D eigenvalue weighted by Crippen LogP contribution is 2.37. The second-order valence-electron chi connectivity index (χ2n) is 6.18. The third-order valence-corrected chi connectivity index (χ3v) is 5.02. The Labute approximate surface area is 126 Å². The van der Waals surface area contributed by atoms with E-state index in [9.17, 15) is 4.79 Å². The summed E-state index contributed by atoms with van der Waals surface area (Å²) in [5, 5.41) is 0.582. The zero-order valence-electron chi connectivity index (χ0n) is 12.5. The summed E-state index contributed by atoms with van der Waals surface area (Å²) < 4.78 is 0. The fourth-order valence-electron chi connectivity index (χ4n) is 3.10. The number of hydrogen-bond acceptors (Lipinski definition) is 3. The molecule has 0 spiro atoms. The lowest BCUT2D eigenvalue weighted by atomic mass is 9.72. The van der Waals surface area contributed by atoms with Crippen molar-refractivity contribution in [2.24, 2.45) is 5.92 Å². The van der Waals surface area contributed by atoms with E-state index >= 15 is 0 Å². The van der Waals surface area contributed by atoms with Crippen LogP contribution in [0, 0.1) is 5.92 Å². The van der Waals surface area contributed by atoms with Crippen LogP contribution in [0.3, 0.4) is 0 Å². The van der Waals surface area contributed by atoms with Gasteiger partial charge in [0, 0.05) is 18.8 Å². The number of rotatable bonds is 4. The second-order valence-corrected chi connectivity index (χ2v) is 6.58. The van der Waals surface area contributed by atoms with Gasteiger partial charge in [0.2, 0.25) is 0 Å². The third-order valence-electron chi connectivity index (χ3n) is 4.68. The van der Waals surface area contributed by atoms with Crippen LogP contribution in [0.4, 0.5) is 0 Å². The predicted molar refractivity (Wildman–Crippen MR) is 82.0 cm³/mol. The molecule has 1 saturated carbocycles. The van der Waals surface area contributed by atoms with Gasteiger partial charge in [0.15, 0.2) is 5.78 Å². The van der Waals surface area contributed by atoms with E-state index in [2.05, 4.69) is 16.8 Å². The third kappa shape index (κ3) is 3.04. The van der Waals surface area contributed by atoms with Crippen molar-refractivity contribution in [2.75, 3.05) is 14.1 Å². The molecule has 1 aromatic rings. The maximum atomic E-state index is 12.9. The molecular formula is C16H23ClN2O. The molecule has 1 aliphatic carbocycles. The van der Waals surface area contributed by atoms with Gasteiger partial charge in [0.1, 0.15) is 0 Å². The Hall–Kier alpha value is -0.930. The first-order chi connectivity index (χ1) is 9.45. The van der Waals surface area contributed by atoms with Crippen LogP contribution in [0.15, 0.2) is 18.5 Å². The van der Waals surface area contributed by atoms with Crippen molar-refractivity contribution < 1.29 is 4.79 Å². The van der Waals surface area contributed by atoms with E-state index in [1.165, 1.54) is 0 Å². The fraction of sp³-hybridized carbons (Fsp3) is 0.625. The van der Waals surface area contributed by atoms with E-state index in [-0.39, 0.29) is 11.3 Å². The van der Waals surface area contributed by atoms with Crippen LogP contribution < -0.4 is 0 Å². The number of Topliss-reactive ketones (excluding diaryl/α,β-unsaturated/α-hetero) is 1. The molecule has 0 N–H and O–H groups in total. The van der Waals surface area contributed by atoms with Crippen molar-refractivity contribution >= 4 is 17.4 Å². The molecule has 3 nitrogen and oxygen atoms in total. The molecule has 4 heteroatoms. The van der Waals surface area contributed by atoms with Gasteiger partial charge in [-0.05, 0) is 57.3 Å². The largest absolute Gasteiger partial charge is 0.297 e. The molecule has 0 amide bonds. The summed E-state index contributed by atoms with van der Waals surface area (Å²) in [6.07, 6.45) is 7.83. The molecule has 20 heavy (non-hydrogen) atoms. The van der Waals surface area contributed by atoms with Crippen molar-refractivity contribution in [1.82, 2.24) is 9.88 Å². The molecule has 0 aromatic carbocycles. The number of carbonyl (C=O) groups is 1. The van der Waals surface area contributed by atoms with Crippen LogP contribution in [0.2, 0.25) is 5.02 Å². The normalized spacial score (nSPS) is 26.8. The summed E-state index contributed by atoms with van der Waals surface area (Å²) in [5.74, 6) is 1.00. The zero-order valence-corrected chi connectivity index (χ0v) is 13.3. The van der Waals surface area contributed by atoms with Crippen molar-refractivity contribution in [2.45, 2.75) is 44.6 Å². The van der Waals surface area contributed by atoms with Crippen LogP contribution in [-0.2, 0) is 11.2 Å². The number of nitrogens with zero attached hydrogens (tertiary/aromatic N) is 2. The van der Waals surface area contributed by atoms with Gasteiger partial charge in [0.05, 0.1) is 10.6 Å². The predicted octanol–water partition coefficient (Wildman–Crippen LogP) is 3.36. The van der Waals surface area contributed by atoms with E-state index < -0.39 is 0 Å². The van der Waals surface area contributed by atoms with E-state index in [0.717, 1.165) is 37.2 Å². The first kappa shape index (κ1) is 15.5. The smallest absolute Gasteiger partial charge is 0.157 e. The van der Waals surface area contributed by atoms with Gasteiger partial charge in [0.25, 0.3) is 0 Å². The standard InChI is InChI=1S/C16H23ClN2O/c1-12-4-7-16(8-5-12,19(2)3)15(20)10-13-6-9-18-11-14(13)17/h6,9,11-12H,4-5,7-8,10H2,1-3H3. The first-order valence-electron chi connectivity index (χ1n) is 7.25. The van der Waals surface area contributed by atoms with Gasteiger partial charge in [-0.2, -0.15) is 0 Å². The van der Waals surface area contributed by atoms with Gasteiger partial charge < -0.3 is 0 Å². The lowest BCUT2D eigenvalue weighted by molar-refractivity contribution is -0.131. The molecule has 0 radical (unpaired) electrons. The average molecular weight is 295 g/mol. The number of carbonyl (C=O) groups excluding carboxylic acids is 1. The number of aromatic nitrogens is 1. The average Bonchev–Trinajstić information content (AvgIpc) is 2.42. The fourth-order valence-corrected chi connectivity index (χ4v) is 3.29. The monoisotopic (exact) mass is 294 g/mol. The van der Waals surface area contributed by atoms with Crippen LogP contribution in [-0.4, -0.2) is 35.3 Å². The lowest BCUT2D eigenvalue weighted by Gasteiger charge is -2.43. The molecule has 0 bridgehead atoms. The van der Waals surface area contributed by atoms with Crippen LogP contribution in [0.1, 0.15) is 38.2 Å². The molecule has 0 saturated heterocycles. The Morgan fingerprint density at radius 2 is 2.10 bits per heavy atom. The van der Waals surface area contributed by atoms with Gasteiger partial charge >= 0.3 is 0 Å². The quantitative estimate of drug-likeness (QED) is 0.854. The molecule has 0 atom stereocenters. The van der Waals surface area contributed by atoms with E-state index in [0.29, 0.717) is 11.4 Å². The first-order valence-corrected chi connectivity index (χ1v) is 7.62. The summed E-state index contributed by atoms with van der Waals surface area (Å²) in [5.41, 5.74) is 0.561. The second kappa shape index (κ2) is 6.23. The highest BCUT2D eigenvalue weighted by molar-refractivity contribution is 6.31. The maximum Gasteiger partial charge on any atom is 0.157 e. The Kier molecular flexibility index (Phi) is 4.82. The molecule has 0 aliphatic heterocycles. The zero-order chi connectivity index (χ0) is 14.8. The Bertz CT molecular complexity index is 479. The van der Waals surface area contributed by atoms with Crippen LogP contribution in [0.25, 0.3) is 0 Å². The summed E-state index contributed by atoms with van der Waals surface area (Å²) in [7, 11) is 4.03. The molecule has 1 fully saturated rings. The SMILES string of the molecule is CC1CCC(C(=O)Cc2ccncc2Cl)(N(C)C)CC1. The number of halogens is 1. The van der Waals surface area contributed by atoms with Crippen molar-refractivity contribution in [3.8, 4) is 0 Å². The summed E-state index contributed by atoms with van der Waals surface area (Å²) in [6, 6.07) is 1.84. The van der Waals surface area contributed by atoms with Gasteiger partial charge in [-0.25, -0.2) is 0 Å². The summed E-state index contributed by atoms with van der Waals surface area (Å²) >= 11 is 6.13. The van der Waals surface area contributed by atoms with Gasteiger partial charge in [-0.1, -0.05) is 18.5 Å². The van der Waals surface area contributed by atoms with Crippen molar-refractivity contribution in [3.63, 3.8) is 0 Å². The lowest BCUT2D eigenvalue weighted by Crippen LogP contribution is -2.53. The number of likely N-dealkylation sites (N-methyl/N-ethyl adjacent to an activating group) is 1. The van der Waals surface area contributed by atoms with Gasteiger partial charge in [-0.15, -0.1) is 0 Å². The maximum absolute atomic E-state index is 12.9. The van der Waals surface area contributed by atoms with Crippen LogP contribution >= 0.6 is 11.6 Å². The molecule has 0 unspecified atom stereocenters. The summed E-state index contributed by atoms with van der Waals surface area (Å²) in [6.45, 7) is 2.27.